The van der Waals surface area contributed by atoms with Gasteiger partial charge in [0.15, 0.2) is 5.96 Å². The number of nitrogens with zero attached hydrogens (tertiary/aromatic N) is 1. The van der Waals surface area contributed by atoms with Gasteiger partial charge in [0, 0.05) is 18.7 Å². The zero-order valence-electron chi connectivity index (χ0n) is 16.0. The van der Waals surface area contributed by atoms with Crippen molar-refractivity contribution >= 4 is 5.96 Å². The molecule has 0 saturated carbocycles. The van der Waals surface area contributed by atoms with Gasteiger partial charge >= 0.3 is 0 Å². The number of guanidine groups is 1. The maximum atomic E-state index is 10.5. The largest absolute Gasteiger partial charge is 0.497 e. The number of benzene rings is 1. The molecule has 1 atom stereocenters. The molecule has 0 fully saturated rings. The van der Waals surface area contributed by atoms with E-state index in [9.17, 15) is 5.11 Å². The molecule has 1 rings (SSSR count). The van der Waals surface area contributed by atoms with Crippen molar-refractivity contribution in [2.75, 3.05) is 33.9 Å². The Kier molecular flexibility index (Phi) is 10.5. The van der Waals surface area contributed by atoms with E-state index < -0.39 is 6.10 Å². The van der Waals surface area contributed by atoms with Crippen LogP contribution in [0.25, 0.3) is 0 Å². The lowest BCUT2D eigenvalue weighted by Crippen LogP contribution is -2.38. The predicted octanol–water partition coefficient (Wildman–Crippen LogP) is 2.87. The van der Waals surface area contributed by atoms with Crippen LogP contribution < -0.4 is 20.1 Å². The summed E-state index contributed by atoms with van der Waals surface area (Å²) in [6.45, 7) is 6.13. The number of aliphatic hydroxyl groups excluding tert-OH is 1. The summed E-state index contributed by atoms with van der Waals surface area (Å²) in [6.07, 6.45) is 4.05. The van der Waals surface area contributed by atoms with Crippen molar-refractivity contribution in [1.82, 2.24) is 10.6 Å². The molecule has 0 bridgehead atoms. The third-order valence-electron chi connectivity index (χ3n) is 3.89. The molecule has 0 aliphatic rings. The van der Waals surface area contributed by atoms with Crippen molar-refractivity contribution in [2.45, 2.75) is 45.6 Å². The van der Waals surface area contributed by atoms with Gasteiger partial charge in [-0.05, 0) is 31.5 Å². The average Bonchev–Trinajstić information content (AvgIpc) is 2.64. The van der Waals surface area contributed by atoms with E-state index in [1.54, 1.807) is 32.4 Å². The first-order chi connectivity index (χ1) is 12.2. The summed E-state index contributed by atoms with van der Waals surface area (Å²) in [7, 11) is 3.19. The molecule has 0 spiro atoms. The van der Waals surface area contributed by atoms with Crippen LogP contribution in [0.15, 0.2) is 23.2 Å². The van der Waals surface area contributed by atoms with Crippen LogP contribution in [0, 0.1) is 0 Å². The smallest absolute Gasteiger partial charge is 0.191 e. The minimum atomic E-state index is -0.763. The van der Waals surface area contributed by atoms with Crippen LogP contribution >= 0.6 is 0 Å². The minimum absolute atomic E-state index is 0.244. The fourth-order valence-corrected chi connectivity index (χ4v) is 2.48. The molecule has 1 aromatic carbocycles. The first-order valence-electron chi connectivity index (χ1n) is 9.08. The summed E-state index contributed by atoms with van der Waals surface area (Å²) in [5.74, 6) is 2.03. The number of unbranched alkanes of at least 4 members (excludes halogenated alkanes) is 3. The van der Waals surface area contributed by atoms with Crippen LogP contribution in [-0.2, 0) is 0 Å². The number of hydrogen-bond donors (Lipinski definition) is 3. The third-order valence-corrected chi connectivity index (χ3v) is 3.89. The highest BCUT2D eigenvalue weighted by Crippen LogP contribution is 2.29. The van der Waals surface area contributed by atoms with Crippen molar-refractivity contribution in [3.8, 4) is 11.5 Å². The van der Waals surface area contributed by atoms with E-state index in [1.807, 2.05) is 6.92 Å². The number of methoxy groups -OCH3 is 2. The first-order valence-corrected chi connectivity index (χ1v) is 9.08. The van der Waals surface area contributed by atoms with E-state index in [1.165, 1.54) is 19.3 Å². The van der Waals surface area contributed by atoms with Gasteiger partial charge in [0.1, 0.15) is 17.6 Å². The number of aliphatic hydroxyl groups is 1. The summed E-state index contributed by atoms with van der Waals surface area (Å²) in [6, 6.07) is 5.38. The normalized spacial score (nSPS) is 12.6. The van der Waals surface area contributed by atoms with Crippen molar-refractivity contribution < 1.29 is 14.6 Å². The van der Waals surface area contributed by atoms with Gasteiger partial charge in [-0.2, -0.15) is 0 Å². The molecule has 0 amide bonds. The fraction of sp³-hybridized carbons (Fsp3) is 0.632. The van der Waals surface area contributed by atoms with E-state index in [2.05, 4.69) is 22.5 Å². The monoisotopic (exact) mass is 351 g/mol. The zero-order valence-corrected chi connectivity index (χ0v) is 16.0. The number of ether oxygens (including phenoxy) is 2. The second-order valence-electron chi connectivity index (χ2n) is 5.83. The SMILES string of the molecule is CCCCCCNC(=NCC(O)c1cc(OC)ccc1OC)NCC. The molecular weight excluding hydrogens is 318 g/mol. The van der Waals surface area contributed by atoms with Crippen LogP contribution in [-0.4, -0.2) is 44.9 Å². The Hall–Kier alpha value is -1.95. The van der Waals surface area contributed by atoms with E-state index in [0.717, 1.165) is 25.5 Å². The van der Waals surface area contributed by atoms with E-state index in [0.29, 0.717) is 17.1 Å². The Morgan fingerprint density at radius 3 is 2.56 bits per heavy atom. The molecule has 3 N–H and O–H groups in total. The molecule has 0 aliphatic carbocycles. The van der Waals surface area contributed by atoms with Crippen molar-refractivity contribution in [2.24, 2.45) is 4.99 Å². The topological polar surface area (TPSA) is 75.1 Å². The maximum Gasteiger partial charge on any atom is 0.191 e. The highest BCUT2D eigenvalue weighted by Gasteiger charge is 2.14. The Morgan fingerprint density at radius 2 is 1.92 bits per heavy atom. The summed E-state index contributed by atoms with van der Waals surface area (Å²) in [5, 5.41) is 17.0. The highest BCUT2D eigenvalue weighted by molar-refractivity contribution is 5.79. The molecule has 0 radical (unpaired) electrons. The minimum Gasteiger partial charge on any atom is -0.497 e. The molecule has 0 aliphatic heterocycles. The second kappa shape index (κ2) is 12.4. The first kappa shape index (κ1) is 21.1. The van der Waals surface area contributed by atoms with E-state index in [4.69, 9.17) is 9.47 Å². The summed E-state index contributed by atoms with van der Waals surface area (Å²) >= 11 is 0. The molecule has 0 aromatic heterocycles. The Morgan fingerprint density at radius 1 is 1.12 bits per heavy atom. The molecule has 6 heteroatoms. The molecule has 1 aromatic rings. The van der Waals surface area contributed by atoms with Crippen molar-refractivity contribution in [3.63, 3.8) is 0 Å². The zero-order chi connectivity index (χ0) is 18.5. The standard InChI is InChI=1S/C19H33N3O3/c1-5-7-8-9-12-21-19(20-6-2)22-14-17(23)16-13-15(24-3)10-11-18(16)25-4/h10-11,13,17,23H,5-9,12,14H2,1-4H3,(H2,20,21,22). The number of rotatable bonds is 11. The lowest BCUT2D eigenvalue weighted by molar-refractivity contribution is 0.182. The third kappa shape index (κ3) is 7.65. The Labute approximate surface area is 151 Å². The fourth-order valence-electron chi connectivity index (χ4n) is 2.48. The lowest BCUT2D eigenvalue weighted by Gasteiger charge is -2.16. The highest BCUT2D eigenvalue weighted by atomic mass is 16.5. The van der Waals surface area contributed by atoms with E-state index in [-0.39, 0.29) is 6.54 Å². The predicted molar refractivity (Wildman–Crippen MR) is 103 cm³/mol. The van der Waals surface area contributed by atoms with E-state index >= 15 is 0 Å². The molecular formula is C19H33N3O3. The Balaban J connectivity index is 2.68. The molecule has 6 nitrogen and oxygen atoms in total. The van der Waals surface area contributed by atoms with Gasteiger partial charge in [-0.25, -0.2) is 0 Å². The van der Waals surface area contributed by atoms with Crippen LogP contribution in [0.2, 0.25) is 0 Å². The molecule has 25 heavy (non-hydrogen) atoms. The number of aliphatic imine (C=N–C) groups is 1. The maximum absolute atomic E-state index is 10.5. The Bertz CT molecular complexity index is 521. The van der Waals surface area contributed by atoms with Gasteiger partial charge in [-0.1, -0.05) is 26.2 Å². The second-order valence-corrected chi connectivity index (χ2v) is 5.83. The number of hydrogen-bond acceptors (Lipinski definition) is 4. The van der Waals surface area contributed by atoms with Gasteiger partial charge in [-0.15, -0.1) is 0 Å². The quantitative estimate of drug-likeness (QED) is 0.325. The van der Waals surface area contributed by atoms with Gasteiger partial charge in [0.2, 0.25) is 0 Å². The van der Waals surface area contributed by atoms with Gasteiger partial charge in [-0.3, -0.25) is 4.99 Å². The summed E-state index contributed by atoms with van der Waals surface area (Å²) < 4.78 is 10.6. The van der Waals surface area contributed by atoms with Crippen molar-refractivity contribution in [3.05, 3.63) is 23.8 Å². The van der Waals surface area contributed by atoms with Crippen LogP contribution in [0.3, 0.4) is 0 Å². The molecule has 1 unspecified atom stereocenters. The number of nitrogens with one attached hydrogen (secondary N) is 2. The summed E-state index contributed by atoms with van der Waals surface area (Å²) in [4.78, 5) is 4.49. The molecule has 0 heterocycles. The lowest BCUT2D eigenvalue weighted by atomic mass is 10.1. The van der Waals surface area contributed by atoms with Crippen LogP contribution in [0.5, 0.6) is 11.5 Å². The van der Waals surface area contributed by atoms with Crippen LogP contribution in [0.4, 0.5) is 0 Å². The average molecular weight is 351 g/mol. The molecule has 0 saturated heterocycles. The van der Waals surface area contributed by atoms with Gasteiger partial charge in [0.05, 0.1) is 20.8 Å². The van der Waals surface area contributed by atoms with Gasteiger partial charge < -0.3 is 25.2 Å². The van der Waals surface area contributed by atoms with Crippen LogP contribution in [0.1, 0.15) is 51.2 Å². The van der Waals surface area contributed by atoms with Gasteiger partial charge in [0.25, 0.3) is 0 Å². The molecule has 142 valence electrons. The summed E-state index contributed by atoms with van der Waals surface area (Å²) in [5.41, 5.74) is 0.671. The van der Waals surface area contributed by atoms with Crippen molar-refractivity contribution in [1.29, 1.82) is 0 Å².